The van der Waals surface area contributed by atoms with Crippen molar-refractivity contribution in [1.82, 2.24) is 0 Å². The fourth-order valence-corrected chi connectivity index (χ4v) is 2.80. The average molecular weight is 361 g/mol. The van der Waals surface area contributed by atoms with Crippen LogP contribution < -0.4 is 15.4 Å². The van der Waals surface area contributed by atoms with Crippen LogP contribution in [0, 0.1) is 0 Å². The largest absolute Gasteiger partial charge is 0.374 e. The van der Waals surface area contributed by atoms with E-state index in [0.717, 1.165) is 24.1 Å². The minimum Gasteiger partial charge on any atom is -0.374 e. The van der Waals surface area contributed by atoms with Gasteiger partial charge in [-0.3, -0.25) is 9.52 Å². The van der Waals surface area contributed by atoms with Gasteiger partial charge in [0.2, 0.25) is 15.9 Å². The van der Waals surface area contributed by atoms with Gasteiger partial charge in [-0.15, -0.1) is 0 Å². The Morgan fingerprint density at radius 2 is 1.48 bits per heavy atom. The van der Waals surface area contributed by atoms with E-state index in [4.69, 9.17) is 0 Å². The molecule has 0 aliphatic heterocycles. The van der Waals surface area contributed by atoms with Crippen molar-refractivity contribution >= 4 is 33.0 Å². The van der Waals surface area contributed by atoms with E-state index >= 15 is 0 Å². The number of amides is 1. The van der Waals surface area contributed by atoms with Crippen LogP contribution >= 0.6 is 0 Å². The van der Waals surface area contributed by atoms with Gasteiger partial charge in [0.25, 0.3) is 0 Å². The van der Waals surface area contributed by atoms with E-state index in [2.05, 4.69) is 22.3 Å². The monoisotopic (exact) mass is 361 g/mol. The van der Waals surface area contributed by atoms with E-state index in [1.807, 2.05) is 24.3 Å². The Morgan fingerprint density at radius 3 is 2.00 bits per heavy atom. The molecule has 0 fully saturated rings. The lowest BCUT2D eigenvalue weighted by molar-refractivity contribution is -0.116. The summed E-state index contributed by atoms with van der Waals surface area (Å²) in [6, 6.07) is 14.0. The van der Waals surface area contributed by atoms with E-state index < -0.39 is 16.1 Å². The molecule has 1 atom stereocenters. The molecule has 0 aliphatic carbocycles. The van der Waals surface area contributed by atoms with Crippen molar-refractivity contribution in [1.29, 1.82) is 0 Å². The van der Waals surface area contributed by atoms with E-state index in [-0.39, 0.29) is 5.91 Å². The maximum absolute atomic E-state index is 12.3. The molecule has 134 valence electrons. The SMILES string of the molecule is CCc1ccc(NC(=O)C(C)Nc2ccc(NS(C)(=O)=O)cc2)cc1. The molecular formula is C18H23N3O3S. The Bertz CT molecular complexity index is 816. The number of sulfonamides is 1. The number of nitrogens with one attached hydrogen (secondary N) is 3. The third kappa shape index (κ3) is 6.11. The van der Waals surface area contributed by atoms with E-state index in [9.17, 15) is 13.2 Å². The Morgan fingerprint density at radius 1 is 0.960 bits per heavy atom. The fraction of sp³-hybridized carbons (Fsp3) is 0.278. The molecule has 0 aliphatic rings. The second kappa shape index (κ2) is 8.02. The van der Waals surface area contributed by atoms with Gasteiger partial charge in [0.15, 0.2) is 0 Å². The Labute approximate surface area is 148 Å². The lowest BCUT2D eigenvalue weighted by Crippen LogP contribution is -2.31. The van der Waals surface area contributed by atoms with Crippen molar-refractivity contribution in [2.75, 3.05) is 21.6 Å². The summed E-state index contributed by atoms with van der Waals surface area (Å²) in [5.41, 5.74) is 3.17. The highest BCUT2D eigenvalue weighted by molar-refractivity contribution is 7.92. The molecule has 3 N–H and O–H groups in total. The van der Waals surface area contributed by atoms with Gasteiger partial charge >= 0.3 is 0 Å². The summed E-state index contributed by atoms with van der Waals surface area (Å²) in [5, 5.41) is 5.95. The first kappa shape index (κ1) is 18.8. The summed E-state index contributed by atoms with van der Waals surface area (Å²) in [6.07, 6.45) is 2.05. The highest BCUT2D eigenvalue weighted by atomic mass is 32.2. The van der Waals surface area contributed by atoms with Gasteiger partial charge in [-0.05, 0) is 55.3 Å². The number of carbonyl (C=O) groups is 1. The van der Waals surface area contributed by atoms with Crippen LogP contribution in [0.2, 0.25) is 0 Å². The highest BCUT2D eigenvalue weighted by Gasteiger charge is 2.13. The normalized spacial score (nSPS) is 12.3. The first-order valence-corrected chi connectivity index (χ1v) is 9.90. The van der Waals surface area contributed by atoms with Crippen molar-refractivity contribution in [2.24, 2.45) is 0 Å². The Kier molecular flexibility index (Phi) is 6.03. The molecule has 2 rings (SSSR count). The number of hydrogen-bond donors (Lipinski definition) is 3. The van der Waals surface area contributed by atoms with Gasteiger partial charge in [-0.2, -0.15) is 0 Å². The minimum absolute atomic E-state index is 0.150. The van der Waals surface area contributed by atoms with Gasteiger partial charge in [-0.25, -0.2) is 8.42 Å². The predicted octanol–water partition coefficient (Wildman–Crippen LogP) is 3.06. The zero-order valence-electron chi connectivity index (χ0n) is 14.5. The number of aryl methyl sites for hydroxylation is 1. The molecule has 0 saturated carbocycles. The molecule has 0 aromatic heterocycles. The zero-order chi connectivity index (χ0) is 18.4. The first-order chi connectivity index (χ1) is 11.8. The Hall–Kier alpha value is -2.54. The lowest BCUT2D eigenvalue weighted by Gasteiger charge is -2.16. The molecule has 2 aromatic rings. The zero-order valence-corrected chi connectivity index (χ0v) is 15.4. The second-order valence-electron chi connectivity index (χ2n) is 5.86. The molecule has 6 nitrogen and oxygen atoms in total. The molecule has 2 aromatic carbocycles. The van der Waals surface area contributed by atoms with Crippen molar-refractivity contribution in [3.63, 3.8) is 0 Å². The van der Waals surface area contributed by atoms with E-state index in [1.54, 1.807) is 31.2 Å². The summed E-state index contributed by atoms with van der Waals surface area (Å²) >= 11 is 0. The molecule has 0 saturated heterocycles. The maximum Gasteiger partial charge on any atom is 0.246 e. The molecule has 25 heavy (non-hydrogen) atoms. The molecule has 0 spiro atoms. The number of hydrogen-bond acceptors (Lipinski definition) is 4. The molecule has 7 heteroatoms. The smallest absolute Gasteiger partial charge is 0.246 e. The summed E-state index contributed by atoms with van der Waals surface area (Å²) in [7, 11) is -3.30. The summed E-state index contributed by atoms with van der Waals surface area (Å²) in [6.45, 7) is 3.84. The van der Waals surface area contributed by atoms with Crippen molar-refractivity contribution in [3.8, 4) is 0 Å². The average Bonchev–Trinajstić information content (AvgIpc) is 2.56. The van der Waals surface area contributed by atoms with Crippen LogP contribution in [0.1, 0.15) is 19.4 Å². The predicted molar refractivity (Wildman–Crippen MR) is 102 cm³/mol. The van der Waals surface area contributed by atoms with Crippen LogP contribution in [-0.4, -0.2) is 26.6 Å². The molecular weight excluding hydrogens is 338 g/mol. The molecule has 0 bridgehead atoms. The first-order valence-electron chi connectivity index (χ1n) is 8.01. The minimum atomic E-state index is -3.30. The van der Waals surface area contributed by atoms with Crippen molar-refractivity contribution in [3.05, 3.63) is 54.1 Å². The Balaban J connectivity index is 1.93. The van der Waals surface area contributed by atoms with Gasteiger partial charge in [0, 0.05) is 17.1 Å². The van der Waals surface area contributed by atoms with Crippen LogP contribution in [-0.2, 0) is 21.2 Å². The van der Waals surface area contributed by atoms with Crippen molar-refractivity contribution < 1.29 is 13.2 Å². The number of benzene rings is 2. The summed E-state index contributed by atoms with van der Waals surface area (Å²) in [5.74, 6) is -0.150. The number of carbonyl (C=O) groups excluding carboxylic acids is 1. The molecule has 1 unspecified atom stereocenters. The standard InChI is InChI=1S/C18H23N3O3S/c1-4-14-5-7-16(8-6-14)20-18(22)13(2)19-15-9-11-17(12-10-15)21-25(3,23)24/h5-13,19,21H,4H2,1-3H3,(H,20,22). The molecule has 1 amide bonds. The van der Waals surface area contributed by atoms with Gasteiger partial charge in [0.05, 0.1) is 6.26 Å². The van der Waals surface area contributed by atoms with Crippen LogP contribution in [0.4, 0.5) is 17.1 Å². The van der Waals surface area contributed by atoms with E-state index in [1.165, 1.54) is 5.56 Å². The summed E-state index contributed by atoms with van der Waals surface area (Å²) in [4.78, 5) is 12.3. The second-order valence-corrected chi connectivity index (χ2v) is 7.61. The third-order valence-corrected chi connectivity index (χ3v) is 4.20. The molecule has 0 radical (unpaired) electrons. The molecule has 0 heterocycles. The maximum atomic E-state index is 12.3. The number of rotatable bonds is 7. The quantitative estimate of drug-likeness (QED) is 0.707. The highest BCUT2D eigenvalue weighted by Crippen LogP contribution is 2.16. The van der Waals surface area contributed by atoms with Crippen LogP contribution in [0.3, 0.4) is 0 Å². The van der Waals surface area contributed by atoms with Gasteiger partial charge in [0.1, 0.15) is 6.04 Å². The van der Waals surface area contributed by atoms with Crippen LogP contribution in [0.5, 0.6) is 0 Å². The number of anilines is 3. The van der Waals surface area contributed by atoms with Gasteiger partial charge in [-0.1, -0.05) is 19.1 Å². The fourth-order valence-electron chi connectivity index (χ4n) is 2.24. The topological polar surface area (TPSA) is 87.3 Å². The summed E-state index contributed by atoms with van der Waals surface area (Å²) < 4.78 is 24.8. The van der Waals surface area contributed by atoms with Crippen LogP contribution in [0.15, 0.2) is 48.5 Å². The van der Waals surface area contributed by atoms with Gasteiger partial charge < -0.3 is 10.6 Å². The van der Waals surface area contributed by atoms with Crippen LogP contribution in [0.25, 0.3) is 0 Å². The lowest BCUT2D eigenvalue weighted by atomic mass is 10.1. The third-order valence-electron chi connectivity index (χ3n) is 3.59. The van der Waals surface area contributed by atoms with Crippen molar-refractivity contribution in [2.45, 2.75) is 26.3 Å². The van der Waals surface area contributed by atoms with E-state index in [0.29, 0.717) is 5.69 Å².